The summed E-state index contributed by atoms with van der Waals surface area (Å²) in [7, 11) is 0. The molecular weight excluding hydrogens is 370 g/mol. The van der Waals surface area contributed by atoms with Gasteiger partial charge in [-0.05, 0) is 13.8 Å². The Morgan fingerprint density at radius 3 is 1.52 bits per heavy atom. The number of hydrogen-bond donors (Lipinski definition) is 1. The van der Waals surface area contributed by atoms with Crippen LogP contribution in [-0.4, -0.2) is 41.6 Å². The largest absolute Gasteiger partial charge is 0.414 e. The molecule has 0 rings (SSSR count). The van der Waals surface area contributed by atoms with Gasteiger partial charge in [0.15, 0.2) is 6.10 Å². The van der Waals surface area contributed by atoms with Gasteiger partial charge in [0.2, 0.25) is 0 Å². The summed E-state index contributed by atoms with van der Waals surface area (Å²) in [6.07, 6.45) is -9.54. The van der Waals surface area contributed by atoms with E-state index in [1.807, 2.05) is 0 Å². The Labute approximate surface area is 128 Å². The molecule has 0 bridgehead atoms. The van der Waals surface area contributed by atoms with E-state index in [0.717, 1.165) is 12.3 Å². The van der Waals surface area contributed by atoms with Gasteiger partial charge in [-0.1, -0.05) is 28.1 Å². The SMILES string of the molecule is C=CCBr.C=CCOC(C)C(F)(F)F.CC(O)C(F)(F)F. The molecule has 2 unspecified atom stereocenters. The molecule has 0 fully saturated rings. The number of allylic oxidation sites excluding steroid dienone is 1. The van der Waals surface area contributed by atoms with E-state index in [9.17, 15) is 26.3 Å². The average Bonchev–Trinajstić information content (AvgIpc) is 2.34. The van der Waals surface area contributed by atoms with Crippen molar-refractivity contribution in [2.45, 2.75) is 38.4 Å². The highest BCUT2D eigenvalue weighted by Crippen LogP contribution is 2.21. The maximum atomic E-state index is 11.6. The van der Waals surface area contributed by atoms with Gasteiger partial charge in [0.1, 0.15) is 6.10 Å². The van der Waals surface area contributed by atoms with Crippen LogP contribution in [-0.2, 0) is 4.74 Å². The van der Waals surface area contributed by atoms with Crippen molar-refractivity contribution in [1.82, 2.24) is 0 Å². The number of aliphatic hydroxyl groups is 1. The Kier molecular flexibility index (Phi) is 15.9. The molecule has 128 valence electrons. The second kappa shape index (κ2) is 13.1. The smallest absolute Gasteiger partial charge is 0.384 e. The first kappa shape index (κ1) is 25.4. The van der Waals surface area contributed by atoms with Crippen LogP contribution >= 0.6 is 15.9 Å². The van der Waals surface area contributed by atoms with Crippen LogP contribution < -0.4 is 0 Å². The fourth-order valence-corrected chi connectivity index (χ4v) is 0.307. The molecule has 0 radical (unpaired) electrons. The summed E-state index contributed by atoms with van der Waals surface area (Å²) in [4.78, 5) is 0. The van der Waals surface area contributed by atoms with Crippen LogP contribution in [0.3, 0.4) is 0 Å². The third-order valence-electron chi connectivity index (χ3n) is 1.51. The van der Waals surface area contributed by atoms with Gasteiger partial charge >= 0.3 is 12.4 Å². The molecule has 0 saturated heterocycles. The fraction of sp³-hybridized carbons (Fsp3) is 0.667. The van der Waals surface area contributed by atoms with Crippen molar-refractivity contribution in [3.63, 3.8) is 0 Å². The van der Waals surface area contributed by atoms with Gasteiger partial charge in [-0.15, -0.1) is 13.2 Å². The zero-order valence-electron chi connectivity index (χ0n) is 11.6. The van der Waals surface area contributed by atoms with Gasteiger partial charge in [0.25, 0.3) is 0 Å². The number of hydrogen-bond acceptors (Lipinski definition) is 2. The minimum Gasteiger partial charge on any atom is -0.384 e. The molecule has 0 aromatic carbocycles. The van der Waals surface area contributed by atoms with E-state index in [2.05, 4.69) is 33.8 Å². The molecule has 21 heavy (non-hydrogen) atoms. The lowest BCUT2D eigenvalue weighted by atomic mass is 10.4. The lowest BCUT2D eigenvalue weighted by Crippen LogP contribution is -2.28. The summed E-state index contributed by atoms with van der Waals surface area (Å²) in [6.45, 7) is 8.23. The summed E-state index contributed by atoms with van der Waals surface area (Å²) in [5.41, 5.74) is 0. The molecule has 9 heteroatoms. The highest BCUT2D eigenvalue weighted by Gasteiger charge is 2.36. The normalized spacial score (nSPS) is 13.8. The zero-order valence-corrected chi connectivity index (χ0v) is 13.2. The molecule has 1 N–H and O–H groups in total. The minimum atomic E-state index is -4.44. The van der Waals surface area contributed by atoms with Gasteiger partial charge in [0, 0.05) is 5.33 Å². The molecule has 0 aliphatic carbocycles. The maximum absolute atomic E-state index is 11.6. The molecule has 0 aliphatic heterocycles. The molecule has 2 atom stereocenters. The molecular formula is C12H19BrF6O2. The molecule has 2 nitrogen and oxygen atoms in total. The van der Waals surface area contributed by atoms with Crippen molar-refractivity contribution in [3.05, 3.63) is 25.3 Å². The van der Waals surface area contributed by atoms with E-state index in [4.69, 9.17) is 5.11 Å². The standard InChI is InChI=1S/C6H9F3O.C3H5Br.C3H5F3O/c1-3-4-10-5(2)6(7,8)9;1-2-3-4;1-2(7)3(4,5)6/h3,5H,1,4H2,2H3;2H,1,3H2;2,7H,1H3. The van der Waals surface area contributed by atoms with Crippen LogP contribution in [0.4, 0.5) is 26.3 Å². The molecule has 0 heterocycles. The van der Waals surface area contributed by atoms with Gasteiger partial charge in [-0.2, -0.15) is 26.3 Å². The van der Waals surface area contributed by atoms with Gasteiger partial charge in [-0.25, -0.2) is 0 Å². The highest BCUT2D eigenvalue weighted by molar-refractivity contribution is 9.09. The minimum absolute atomic E-state index is 0.0688. The number of alkyl halides is 7. The Morgan fingerprint density at radius 2 is 1.38 bits per heavy atom. The third-order valence-corrected chi connectivity index (χ3v) is 1.97. The van der Waals surface area contributed by atoms with E-state index in [-0.39, 0.29) is 6.61 Å². The molecule has 0 aromatic rings. The monoisotopic (exact) mass is 388 g/mol. The van der Waals surface area contributed by atoms with Crippen molar-refractivity contribution in [2.75, 3.05) is 11.9 Å². The molecule has 0 amide bonds. The molecule has 0 aromatic heterocycles. The summed E-state index contributed by atoms with van der Waals surface area (Å²) < 4.78 is 71.9. The van der Waals surface area contributed by atoms with E-state index in [0.29, 0.717) is 6.92 Å². The Morgan fingerprint density at radius 1 is 1.05 bits per heavy atom. The number of ether oxygens (including phenoxy) is 1. The van der Waals surface area contributed by atoms with Gasteiger partial charge in [-0.3, -0.25) is 0 Å². The predicted octanol–water partition coefficient (Wildman–Crippen LogP) is 4.64. The summed E-state index contributed by atoms with van der Waals surface area (Å²) in [5.74, 6) is 0. The predicted molar refractivity (Wildman–Crippen MR) is 73.4 cm³/mol. The van der Waals surface area contributed by atoms with E-state index in [1.54, 1.807) is 6.08 Å². The Hall–Kier alpha value is -0.540. The van der Waals surface area contributed by atoms with Gasteiger partial charge < -0.3 is 9.84 Å². The van der Waals surface area contributed by atoms with Crippen LogP contribution in [0, 0.1) is 0 Å². The number of aliphatic hydroxyl groups excluding tert-OH is 1. The van der Waals surface area contributed by atoms with Crippen molar-refractivity contribution in [2.24, 2.45) is 0 Å². The summed E-state index contributed by atoms with van der Waals surface area (Å²) in [6, 6.07) is 0. The Bertz CT molecular complexity index is 263. The van der Waals surface area contributed by atoms with Gasteiger partial charge in [0.05, 0.1) is 6.61 Å². The topological polar surface area (TPSA) is 29.5 Å². The van der Waals surface area contributed by atoms with Crippen LogP contribution in [0.5, 0.6) is 0 Å². The van der Waals surface area contributed by atoms with E-state index >= 15 is 0 Å². The molecule has 0 spiro atoms. The molecule has 0 saturated carbocycles. The van der Waals surface area contributed by atoms with E-state index < -0.39 is 24.6 Å². The van der Waals surface area contributed by atoms with Crippen molar-refractivity contribution < 1.29 is 36.2 Å². The first-order valence-electron chi connectivity index (χ1n) is 5.55. The second-order valence-electron chi connectivity index (χ2n) is 3.47. The first-order chi connectivity index (χ1) is 9.34. The third kappa shape index (κ3) is 21.9. The van der Waals surface area contributed by atoms with E-state index in [1.165, 1.54) is 6.08 Å². The Balaban J connectivity index is -0.000000256. The van der Waals surface area contributed by atoms with Crippen LogP contribution in [0.25, 0.3) is 0 Å². The lowest BCUT2D eigenvalue weighted by Gasteiger charge is -2.14. The lowest BCUT2D eigenvalue weighted by molar-refractivity contribution is -0.210. The van der Waals surface area contributed by atoms with Crippen molar-refractivity contribution in [3.8, 4) is 0 Å². The van der Waals surface area contributed by atoms with Crippen molar-refractivity contribution >= 4 is 15.9 Å². The molecule has 0 aliphatic rings. The quantitative estimate of drug-likeness (QED) is 0.432. The highest BCUT2D eigenvalue weighted by atomic mass is 79.9. The second-order valence-corrected chi connectivity index (χ2v) is 4.11. The first-order valence-corrected chi connectivity index (χ1v) is 6.67. The average molecular weight is 389 g/mol. The fourth-order valence-electron chi connectivity index (χ4n) is 0.307. The van der Waals surface area contributed by atoms with Crippen LogP contribution in [0.1, 0.15) is 13.8 Å². The number of halogens is 7. The summed E-state index contributed by atoms with van der Waals surface area (Å²) >= 11 is 3.13. The summed E-state index contributed by atoms with van der Waals surface area (Å²) in [5, 5.41) is 8.66. The van der Waals surface area contributed by atoms with Crippen LogP contribution in [0.15, 0.2) is 25.3 Å². The van der Waals surface area contributed by atoms with Crippen molar-refractivity contribution in [1.29, 1.82) is 0 Å². The van der Waals surface area contributed by atoms with Crippen LogP contribution in [0.2, 0.25) is 0 Å². The maximum Gasteiger partial charge on any atom is 0.414 e. The zero-order chi connectivity index (χ0) is 17.7. The number of rotatable bonds is 4.